The van der Waals surface area contributed by atoms with Crippen LogP contribution in [0.15, 0.2) is 29.2 Å². The summed E-state index contributed by atoms with van der Waals surface area (Å²) in [5, 5.41) is 11.3. The van der Waals surface area contributed by atoms with E-state index >= 15 is 0 Å². The van der Waals surface area contributed by atoms with Crippen molar-refractivity contribution in [3.8, 4) is 0 Å². The Morgan fingerprint density at radius 2 is 2.00 bits per heavy atom. The van der Waals surface area contributed by atoms with E-state index in [1.165, 1.54) is 4.90 Å². The molecule has 0 aliphatic carbocycles. The molecule has 0 aliphatic heterocycles. The average molecular weight is 227 g/mol. The molecule has 15 heavy (non-hydrogen) atoms. The van der Waals surface area contributed by atoms with Gasteiger partial charge in [0.05, 0.1) is 0 Å². The van der Waals surface area contributed by atoms with Gasteiger partial charge in [-0.3, -0.25) is 5.26 Å². The van der Waals surface area contributed by atoms with Gasteiger partial charge in [-0.1, -0.05) is 12.1 Å². The molecule has 0 atom stereocenters. The van der Waals surface area contributed by atoms with Crippen molar-refractivity contribution in [2.45, 2.75) is 11.5 Å². The topological polar surface area (TPSA) is 61.4 Å². The molecule has 0 unspecified atom stereocenters. The van der Waals surface area contributed by atoms with E-state index in [9.17, 15) is 0 Å². The Morgan fingerprint density at radius 1 is 1.40 bits per heavy atom. The van der Waals surface area contributed by atoms with Crippen molar-refractivity contribution in [3.63, 3.8) is 0 Å². The van der Waals surface area contributed by atoms with Crippen LogP contribution in [-0.4, -0.2) is 18.2 Å². The number of nitrogens with one attached hydrogen (secondary N) is 1. The molecule has 82 valence electrons. The molecule has 1 aromatic rings. The normalized spacial score (nSPS) is 9.07. The third-order valence-electron chi connectivity index (χ3n) is 1.54. The van der Waals surface area contributed by atoms with Gasteiger partial charge in [-0.05, 0) is 24.7 Å². The number of rotatable bonds is 5. The van der Waals surface area contributed by atoms with Crippen molar-refractivity contribution in [1.82, 2.24) is 5.32 Å². The fourth-order valence-electron chi connectivity index (χ4n) is 0.912. The van der Waals surface area contributed by atoms with Gasteiger partial charge in [0.15, 0.2) is 0 Å². The summed E-state index contributed by atoms with van der Waals surface area (Å²) in [5.41, 5.74) is 0.969. The molecule has 0 saturated heterocycles. The monoisotopic (exact) mass is 227 g/mol. The summed E-state index contributed by atoms with van der Waals surface area (Å²) in [6.07, 6.45) is 0. The SMILES string of the molecule is CNCSc1ccc(COO)cc1.[C-]#[O+]. The molecule has 1 rings (SSSR count). The fourth-order valence-corrected chi connectivity index (χ4v) is 1.55. The summed E-state index contributed by atoms with van der Waals surface area (Å²) in [5.74, 6) is 0.899. The molecule has 0 heterocycles. The van der Waals surface area contributed by atoms with E-state index in [0.717, 1.165) is 11.4 Å². The minimum atomic E-state index is 0.247. The molecule has 0 aromatic heterocycles. The Labute approximate surface area is 93.3 Å². The van der Waals surface area contributed by atoms with Crippen molar-refractivity contribution < 1.29 is 14.8 Å². The van der Waals surface area contributed by atoms with Crippen LogP contribution < -0.4 is 5.32 Å². The molecule has 0 radical (unpaired) electrons. The third kappa shape index (κ3) is 6.30. The van der Waals surface area contributed by atoms with Gasteiger partial charge in [-0.25, -0.2) is 4.89 Å². The van der Waals surface area contributed by atoms with Crippen molar-refractivity contribution >= 4 is 11.8 Å². The third-order valence-corrected chi connectivity index (χ3v) is 2.58. The molecule has 0 spiro atoms. The Hall–Kier alpha value is -0.810. The average Bonchev–Trinajstić information content (AvgIpc) is 2.31. The Balaban J connectivity index is 0.000000921. The number of benzene rings is 1. The van der Waals surface area contributed by atoms with E-state index in [1.807, 2.05) is 31.3 Å². The summed E-state index contributed by atoms with van der Waals surface area (Å²) in [7, 11) is 1.92. The molecular formula is C10H13NO3S. The maximum atomic E-state index is 8.22. The first-order valence-electron chi connectivity index (χ1n) is 4.20. The zero-order valence-corrected chi connectivity index (χ0v) is 9.21. The van der Waals surface area contributed by atoms with E-state index in [-0.39, 0.29) is 6.61 Å². The second kappa shape index (κ2) is 9.73. The summed E-state index contributed by atoms with van der Waals surface area (Å²) < 4.78 is 7.50. The van der Waals surface area contributed by atoms with E-state index in [2.05, 4.69) is 16.9 Å². The molecule has 5 heteroatoms. The van der Waals surface area contributed by atoms with Crippen molar-refractivity contribution in [1.29, 1.82) is 0 Å². The van der Waals surface area contributed by atoms with Crippen molar-refractivity contribution in [3.05, 3.63) is 36.5 Å². The number of hydrogen-bond acceptors (Lipinski definition) is 4. The molecule has 0 bridgehead atoms. The van der Waals surface area contributed by atoms with Gasteiger partial charge >= 0.3 is 11.3 Å². The predicted molar refractivity (Wildman–Crippen MR) is 57.6 cm³/mol. The van der Waals surface area contributed by atoms with Crippen LogP contribution in [0.3, 0.4) is 0 Å². The predicted octanol–water partition coefficient (Wildman–Crippen LogP) is 1.91. The van der Waals surface area contributed by atoms with Gasteiger partial charge in [0.25, 0.3) is 0 Å². The molecule has 2 N–H and O–H groups in total. The van der Waals surface area contributed by atoms with Crippen LogP contribution in [0.5, 0.6) is 0 Å². The van der Waals surface area contributed by atoms with Crippen LogP contribution in [0.2, 0.25) is 0 Å². The molecule has 4 nitrogen and oxygen atoms in total. The zero-order valence-electron chi connectivity index (χ0n) is 8.40. The van der Waals surface area contributed by atoms with Crippen LogP contribution in [0.25, 0.3) is 0 Å². The van der Waals surface area contributed by atoms with Crippen LogP contribution in [0.1, 0.15) is 5.56 Å². The van der Waals surface area contributed by atoms with Crippen LogP contribution in [0.4, 0.5) is 0 Å². The van der Waals surface area contributed by atoms with Crippen LogP contribution in [0, 0.1) is 6.65 Å². The quantitative estimate of drug-likeness (QED) is 0.201. The summed E-state index contributed by atoms with van der Waals surface area (Å²) in [6.45, 7) is 4.75. The fraction of sp³-hybridized carbons (Fsp3) is 0.300. The van der Waals surface area contributed by atoms with Gasteiger partial charge in [-0.2, -0.15) is 0 Å². The van der Waals surface area contributed by atoms with E-state index in [4.69, 9.17) is 9.91 Å². The Morgan fingerprint density at radius 3 is 2.47 bits per heavy atom. The van der Waals surface area contributed by atoms with Crippen LogP contribution >= 0.6 is 11.8 Å². The van der Waals surface area contributed by atoms with Gasteiger partial charge in [0.2, 0.25) is 0 Å². The Kier molecular flexibility index (Phi) is 9.21. The summed E-state index contributed by atoms with van der Waals surface area (Å²) in [6, 6.07) is 7.90. The van der Waals surface area contributed by atoms with Crippen LogP contribution in [-0.2, 0) is 16.1 Å². The summed E-state index contributed by atoms with van der Waals surface area (Å²) >= 11 is 1.73. The zero-order chi connectivity index (χ0) is 11.5. The molecule has 0 fully saturated rings. The van der Waals surface area contributed by atoms with Gasteiger partial charge in [-0.15, -0.1) is 11.8 Å². The molecule has 1 aromatic carbocycles. The van der Waals surface area contributed by atoms with E-state index in [0.29, 0.717) is 0 Å². The second-order valence-corrected chi connectivity index (χ2v) is 3.61. The molecule has 0 saturated carbocycles. The van der Waals surface area contributed by atoms with E-state index < -0.39 is 0 Å². The summed E-state index contributed by atoms with van der Waals surface area (Å²) in [4.78, 5) is 5.23. The van der Waals surface area contributed by atoms with Gasteiger partial charge in [0.1, 0.15) is 6.61 Å². The first kappa shape index (κ1) is 14.2. The number of thioether (sulfide) groups is 1. The number of hydrogen-bond donors (Lipinski definition) is 2. The standard InChI is InChI=1S/C9H13NO2S.CO/c1-10-7-13-9-4-2-8(3-5-9)6-12-11;1-2/h2-5,10-11H,6-7H2,1H3;. The first-order valence-corrected chi connectivity index (χ1v) is 5.18. The van der Waals surface area contributed by atoms with Crippen molar-refractivity contribution in [2.75, 3.05) is 12.9 Å². The maximum absolute atomic E-state index is 8.22. The first-order chi connectivity index (χ1) is 7.36. The molecule has 0 aliphatic rings. The van der Waals surface area contributed by atoms with Gasteiger partial charge < -0.3 is 5.32 Å². The minimum absolute atomic E-state index is 0.247. The van der Waals surface area contributed by atoms with Gasteiger partial charge in [0, 0.05) is 10.8 Å². The van der Waals surface area contributed by atoms with Crippen molar-refractivity contribution in [2.24, 2.45) is 0 Å². The Bertz CT molecular complexity index is 274. The molecular weight excluding hydrogens is 214 g/mol. The molecule has 0 amide bonds. The van der Waals surface area contributed by atoms with E-state index in [1.54, 1.807) is 11.8 Å². The second-order valence-electron chi connectivity index (χ2n) is 2.56.